The number of pyridine rings is 1. The van der Waals surface area contributed by atoms with Gasteiger partial charge in [0.05, 0.1) is 0 Å². The second-order valence-corrected chi connectivity index (χ2v) is 7.33. The number of nitrogens with zero attached hydrogens (tertiary/aromatic N) is 3. The average Bonchev–Trinajstić information content (AvgIpc) is 2.81. The number of carbonyl (C=O) groups excluding carboxylic acids is 1. The standard InChI is InChI=1S/C25H26N4O/c30-25(22-13-14-26-24(20-22)27-23-11-5-2-6-12-23)29-18-16-28(17-19-29)15-7-10-21-8-3-1-4-9-21/h1-14,20H,15-19H2,(H,26,27)/b10-7+. The highest BCUT2D eigenvalue weighted by Crippen LogP contribution is 2.16. The molecular formula is C25H26N4O. The Morgan fingerprint density at radius 2 is 1.63 bits per heavy atom. The van der Waals surface area contributed by atoms with E-state index in [1.807, 2.05) is 59.5 Å². The van der Waals surface area contributed by atoms with E-state index in [1.165, 1.54) is 5.56 Å². The largest absolute Gasteiger partial charge is 0.340 e. The molecule has 1 saturated heterocycles. The Hall–Kier alpha value is -3.44. The fourth-order valence-corrected chi connectivity index (χ4v) is 3.52. The van der Waals surface area contributed by atoms with Gasteiger partial charge >= 0.3 is 0 Å². The van der Waals surface area contributed by atoms with Crippen molar-refractivity contribution in [2.75, 3.05) is 38.0 Å². The van der Waals surface area contributed by atoms with Crippen molar-refractivity contribution < 1.29 is 4.79 Å². The second-order valence-electron chi connectivity index (χ2n) is 7.33. The maximum Gasteiger partial charge on any atom is 0.254 e. The highest BCUT2D eigenvalue weighted by molar-refractivity contribution is 5.95. The van der Waals surface area contributed by atoms with Crippen LogP contribution in [0.4, 0.5) is 11.5 Å². The van der Waals surface area contributed by atoms with E-state index in [-0.39, 0.29) is 5.91 Å². The van der Waals surface area contributed by atoms with Gasteiger partial charge in [0.2, 0.25) is 0 Å². The number of aromatic nitrogens is 1. The topological polar surface area (TPSA) is 48.5 Å². The summed E-state index contributed by atoms with van der Waals surface area (Å²) < 4.78 is 0. The first-order valence-electron chi connectivity index (χ1n) is 10.3. The highest BCUT2D eigenvalue weighted by atomic mass is 16.2. The van der Waals surface area contributed by atoms with Gasteiger partial charge in [-0.1, -0.05) is 60.7 Å². The summed E-state index contributed by atoms with van der Waals surface area (Å²) in [7, 11) is 0. The number of benzene rings is 2. The third-order valence-electron chi connectivity index (χ3n) is 5.19. The fourth-order valence-electron chi connectivity index (χ4n) is 3.52. The molecule has 2 heterocycles. The van der Waals surface area contributed by atoms with Gasteiger partial charge in [0, 0.05) is 50.2 Å². The van der Waals surface area contributed by atoms with Gasteiger partial charge in [-0.2, -0.15) is 0 Å². The summed E-state index contributed by atoms with van der Waals surface area (Å²) in [6.07, 6.45) is 6.02. The molecule has 4 rings (SSSR count). The smallest absolute Gasteiger partial charge is 0.254 e. The summed E-state index contributed by atoms with van der Waals surface area (Å²) >= 11 is 0. The number of amides is 1. The van der Waals surface area contributed by atoms with E-state index in [2.05, 4.69) is 39.5 Å². The molecular weight excluding hydrogens is 372 g/mol. The molecule has 1 fully saturated rings. The van der Waals surface area contributed by atoms with Crippen LogP contribution in [0.2, 0.25) is 0 Å². The normalized spacial score (nSPS) is 14.7. The molecule has 5 nitrogen and oxygen atoms in total. The molecule has 1 aliphatic heterocycles. The van der Waals surface area contributed by atoms with Crippen LogP contribution in [0.5, 0.6) is 0 Å². The zero-order valence-electron chi connectivity index (χ0n) is 16.9. The van der Waals surface area contributed by atoms with Crippen LogP contribution >= 0.6 is 0 Å². The zero-order valence-corrected chi connectivity index (χ0v) is 16.9. The number of anilines is 2. The number of nitrogens with one attached hydrogen (secondary N) is 1. The van der Waals surface area contributed by atoms with Crippen molar-refractivity contribution in [3.63, 3.8) is 0 Å². The van der Waals surface area contributed by atoms with Gasteiger partial charge in [-0.25, -0.2) is 4.98 Å². The third kappa shape index (κ3) is 5.33. The Morgan fingerprint density at radius 1 is 0.933 bits per heavy atom. The highest BCUT2D eigenvalue weighted by Gasteiger charge is 2.21. The summed E-state index contributed by atoms with van der Waals surface area (Å²) in [5.74, 6) is 0.740. The molecule has 0 radical (unpaired) electrons. The summed E-state index contributed by atoms with van der Waals surface area (Å²) in [4.78, 5) is 21.6. The van der Waals surface area contributed by atoms with Crippen molar-refractivity contribution in [1.29, 1.82) is 0 Å². The van der Waals surface area contributed by atoms with Crippen molar-refractivity contribution in [3.8, 4) is 0 Å². The summed E-state index contributed by atoms with van der Waals surface area (Å²) in [5, 5.41) is 3.25. The maximum atomic E-state index is 12.9. The molecule has 5 heteroatoms. The Bertz CT molecular complexity index is 980. The number of para-hydroxylation sites is 1. The number of carbonyl (C=O) groups is 1. The molecule has 3 aromatic rings. The van der Waals surface area contributed by atoms with Crippen molar-refractivity contribution in [1.82, 2.24) is 14.8 Å². The summed E-state index contributed by atoms with van der Waals surface area (Å²) in [6, 6.07) is 23.8. The van der Waals surface area contributed by atoms with E-state index < -0.39 is 0 Å². The minimum atomic E-state index is 0.0630. The SMILES string of the molecule is O=C(c1ccnc(Nc2ccccc2)c1)N1CCN(C/C=C/c2ccccc2)CC1. The molecule has 0 saturated carbocycles. The van der Waals surface area contributed by atoms with E-state index in [1.54, 1.807) is 12.3 Å². The number of hydrogen-bond donors (Lipinski definition) is 1. The summed E-state index contributed by atoms with van der Waals surface area (Å²) in [6.45, 7) is 4.14. The lowest BCUT2D eigenvalue weighted by atomic mass is 10.2. The molecule has 0 spiro atoms. The van der Waals surface area contributed by atoms with E-state index in [4.69, 9.17) is 0 Å². The average molecular weight is 399 g/mol. The first kappa shape index (κ1) is 19.9. The number of rotatable bonds is 6. The van der Waals surface area contributed by atoms with Crippen LogP contribution < -0.4 is 5.32 Å². The molecule has 1 aliphatic rings. The second kappa shape index (κ2) is 9.85. The molecule has 1 amide bonds. The van der Waals surface area contributed by atoms with Gasteiger partial charge in [0.1, 0.15) is 5.82 Å². The Kier molecular flexibility index (Phi) is 6.52. The van der Waals surface area contributed by atoms with Gasteiger partial charge < -0.3 is 10.2 Å². The van der Waals surface area contributed by atoms with Crippen LogP contribution in [-0.4, -0.2) is 53.4 Å². The van der Waals surface area contributed by atoms with Gasteiger partial charge in [-0.05, 0) is 29.8 Å². The van der Waals surface area contributed by atoms with Crippen molar-refractivity contribution in [3.05, 3.63) is 96.2 Å². The molecule has 30 heavy (non-hydrogen) atoms. The molecule has 152 valence electrons. The number of piperazine rings is 1. The molecule has 1 N–H and O–H groups in total. The minimum absolute atomic E-state index is 0.0630. The van der Waals surface area contributed by atoms with Crippen LogP contribution in [0.1, 0.15) is 15.9 Å². The van der Waals surface area contributed by atoms with Gasteiger partial charge in [0.15, 0.2) is 0 Å². The predicted molar refractivity (Wildman–Crippen MR) is 122 cm³/mol. The lowest BCUT2D eigenvalue weighted by Gasteiger charge is -2.34. The fraction of sp³-hybridized carbons (Fsp3) is 0.200. The maximum absolute atomic E-state index is 12.9. The molecule has 0 atom stereocenters. The van der Waals surface area contributed by atoms with E-state index in [0.29, 0.717) is 11.4 Å². The van der Waals surface area contributed by atoms with Gasteiger partial charge in [-0.3, -0.25) is 9.69 Å². The zero-order chi connectivity index (χ0) is 20.6. The summed E-state index contributed by atoms with van der Waals surface area (Å²) in [5.41, 5.74) is 2.83. The molecule has 1 aromatic heterocycles. The van der Waals surface area contributed by atoms with Crippen molar-refractivity contribution in [2.45, 2.75) is 0 Å². The van der Waals surface area contributed by atoms with Crippen LogP contribution in [0.3, 0.4) is 0 Å². The Morgan fingerprint density at radius 3 is 2.37 bits per heavy atom. The van der Waals surface area contributed by atoms with Crippen LogP contribution in [0.25, 0.3) is 6.08 Å². The quantitative estimate of drug-likeness (QED) is 0.673. The number of hydrogen-bond acceptors (Lipinski definition) is 4. The van der Waals surface area contributed by atoms with E-state index in [0.717, 1.165) is 38.4 Å². The van der Waals surface area contributed by atoms with E-state index in [9.17, 15) is 4.79 Å². The lowest BCUT2D eigenvalue weighted by molar-refractivity contribution is 0.0650. The molecule has 2 aromatic carbocycles. The molecule has 0 bridgehead atoms. The van der Waals surface area contributed by atoms with Crippen molar-refractivity contribution >= 4 is 23.5 Å². The first-order valence-corrected chi connectivity index (χ1v) is 10.3. The Labute approximate surface area is 177 Å². The minimum Gasteiger partial charge on any atom is -0.340 e. The van der Waals surface area contributed by atoms with Crippen molar-refractivity contribution in [2.24, 2.45) is 0 Å². The Balaban J connectivity index is 1.30. The van der Waals surface area contributed by atoms with Crippen LogP contribution in [0, 0.1) is 0 Å². The first-order chi connectivity index (χ1) is 14.8. The predicted octanol–water partition coefficient (Wildman–Crippen LogP) is 4.30. The lowest BCUT2D eigenvalue weighted by Crippen LogP contribution is -2.48. The molecule has 0 aliphatic carbocycles. The monoisotopic (exact) mass is 398 g/mol. The van der Waals surface area contributed by atoms with Gasteiger partial charge in [0.25, 0.3) is 5.91 Å². The molecule has 0 unspecified atom stereocenters. The van der Waals surface area contributed by atoms with Crippen LogP contribution in [-0.2, 0) is 0 Å². The van der Waals surface area contributed by atoms with E-state index >= 15 is 0 Å². The third-order valence-corrected chi connectivity index (χ3v) is 5.19. The van der Waals surface area contributed by atoms with Crippen LogP contribution in [0.15, 0.2) is 85.1 Å². The van der Waals surface area contributed by atoms with Gasteiger partial charge in [-0.15, -0.1) is 0 Å².